The van der Waals surface area contributed by atoms with Gasteiger partial charge in [0.1, 0.15) is 0 Å². The molecule has 2 rings (SSSR count). The average molecular weight is 250 g/mol. The third-order valence-electron chi connectivity index (χ3n) is 2.44. The molecule has 2 N–H and O–H groups in total. The third kappa shape index (κ3) is 2.73. The van der Waals surface area contributed by atoms with Gasteiger partial charge in [0.25, 0.3) is 0 Å². The molecule has 0 aromatic carbocycles. The minimum Gasteiger partial charge on any atom is -0.362 e. The lowest BCUT2D eigenvalue weighted by Gasteiger charge is -2.08. The molecule has 0 spiro atoms. The third-order valence-corrected chi connectivity index (χ3v) is 2.44. The molecule has 0 atom stereocenters. The van der Waals surface area contributed by atoms with Crippen molar-refractivity contribution < 1.29 is 4.39 Å². The van der Waals surface area contributed by atoms with E-state index in [-0.39, 0.29) is 5.82 Å². The number of rotatable bonds is 5. The second kappa shape index (κ2) is 5.44. The topological polar surface area (TPSA) is 67.7 Å². The summed E-state index contributed by atoms with van der Waals surface area (Å²) in [5.74, 6) is 0.118. The number of anilines is 2. The number of halogens is 1. The van der Waals surface area contributed by atoms with Crippen molar-refractivity contribution in [3.8, 4) is 0 Å². The van der Waals surface area contributed by atoms with Gasteiger partial charge < -0.3 is 10.6 Å². The zero-order valence-corrected chi connectivity index (χ0v) is 10.3. The van der Waals surface area contributed by atoms with E-state index in [1.807, 2.05) is 20.0 Å². The molecule has 0 fully saturated rings. The van der Waals surface area contributed by atoms with Crippen molar-refractivity contribution in [1.29, 1.82) is 0 Å². The predicted molar refractivity (Wildman–Crippen MR) is 66.7 cm³/mol. The van der Waals surface area contributed by atoms with E-state index in [2.05, 4.69) is 25.7 Å². The summed E-state index contributed by atoms with van der Waals surface area (Å²) in [5.41, 5.74) is 0.943. The van der Waals surface area contributed by atoms with Gasteiger partial charge in [0.15, 0.2) is 11.6 Å². The lowest BCUT2D eigenvalue weighted by molar-refractivity contribution is 0.616. The quantitative estimate of drug-likeness (QED) is 0.839. The molecule has 0 aliphatic heterocycles. The molecule has 2 aromatic rings. The zero-order chi connectivity index (χ0) is 13.0. The van der Waals surface area contributed by atoms with Gasteiger partial charge in [-0.15, -0.1) is 0 Å². The molecule has 2 heterocycles. The van der Waals surface area contributed by atoms with Crippen molar-refractivity contribution >= 4 is 11.8 Å². The molecule has 0 saturated heterocycles. The molecule has 0 saturated carbocycles. The van der Waals surface area contributed by atoms with Gasteiger partial charge in [0.2, 0.25) is 5.95 Å². The van der Waals surface area contributed by atoms with Gasteiger partial charge in [-0.2, -0.15) is 10.1 Å². The minimum absolute atomic E-state index is 0.183. The first-order valence-electron chi connectivity index (χ1n) is 5.68. The van der Waals surface area contributed by atoms with Crippen molar-refractivity contribution in [3.05, 3.63) is 30.0 Å². The van der Waals surface area contributed by atoms with Crippen molar-refractivity contribution in [2.24, 2.45) is 7.05 Å². The number of nitrogens with one attached hydrogen (secondary N) is 2. The summed E-state index contributed by atoms with van der Waals surface area (Å²) in [6.45, 7) is 3.07. The summed E-state index contributed by atoms with van der Waals surface area (Å²) in [6, 6.07) is 1.86. The maximum absolute atomic E-state index is 13.5. The highest BCUT2D eigenvalue weighted by Gasteiger charge is 2.07. The molecule has 0 amide bonds. The largest absolute Gasteiger partial charge is 0.362 e. The molecule has 7 heteroatoms. The highest BCUT2D eigenvalue weighted by molar-refractivity contribution is 5.41. The normalized spacial score (nSPS) is 10.4. The van der Waals surface area contributed by atoms with E-state index in [1.165, 1.54) is 0 Å². The Morgan fingerprint density at radius 2 is 2.22 bits per heavy atom. The van der Waals surface area contributed by atoms with Crippen LogP contribution in [0, 0.1) is 5.82 Å². The van der Waals surface area contributed by atoms with Crippen LogP contribution in [0.15, 0.2) is 18.5 Å². The summed E-state index contributed by atoms with van der Waals surface area (Å²) in [7, 11) is 1.83. The van der Waals surface area contributed by atoms with Gasteiger partial charge >= 0.3 is 0 Å². The van der Waals surface area contributed by atoms with Crippen molar-refractivity contribution in [1.82, 2.24) is 19.7 Å². The Morgan fingerprint density at radius 3 is 2.89 bits per heavy atom. The Labute approximate surface area is 104 Å². The molecule has 0 aliphatic rings. The van der Waals surface area contributed by atoms with Crippen LogP contribution in [-0.2, 0) is 13.6 Å². The van der Waals surface area contributed by atoms with Crippen LogP contribution in [0.1, 0.15) is 12.6 Å². The predicted octanol–water partition coefficient (Wildman–Crippen LogP) is 1.39. The molecule has 0 bridgehead atoms. The molecular formula is C11H15FN6. The minimum atomic E-state index is -0.473. The number of hydrogen-bond acceptors (Lipinski definition) is 5. The highest BCUT2D eigenvalue weighted by atomic mass is 19.1. The monoisotopic (exact) mass is 250 g/mol. The van der Waals surface area contributed by atoms with Gasteiger partial charge in [-0.05, 0) is 13.0 Å². The van der Waals surface area contributed by atoms with E-state index in [0.29, 0.717) is 19.0 Å². The fourth-order valence-corrected chi connectivity index (χ4v) is 1.48. The van der Waals surface area contributed by atoms with Crippen LogP contribution in [-0.4, -0.2) is 26.3 Å². The van der Waals surface area contributed by atoms with E-state index in [0.717, 1.165) is 11.9 Å². The van der Waals surface area contributed by atoms with E-state index in [9.17, 15) is 4.39 Å². The van der Waals surface area contributed by atoms with Crippen molar-refractivity contribution in [3.63, 3.8) is 0 Å². The molecule has 18 heavy (non-hydrogen) atoms. The van der Waals surface area contributed by atoms with Crippen LogP contribution in [0.5, 0.6) is 0 Å². The second-order valence-electron chi connectivity index (χ2n) is 3.72. The Kier molecular flexibility index (Phi) is 3.71. The zero-order valence-electron chi connectivity index (χ0n) is 10.3. The summed E-state index contributed by atoms with van der Waals surface area (Å²) in [6.07, 6.45) is 2.84. The van der Waals surface area contributed by atoms with Crippen molar-refractivity contribution in [2.45, 2.75) is 13.5 Å². The van der Waals surface area contributed by atoms with Gasteiger partial charge in [0, 0.05) is 19.8 Å². The fourth-order valence-electron chi connectivity index (χ4n) is 1.48. The molecule has 0 unspecified atom stereocenters. The van der Waals surface area contributed by atoms with Crippen molar-refractivity contribution in [2.75, 3.05) is 17.2 Å². The van der Waals surface area contributed by atoms with E-state index >= 15 is 0 Å². The van der Waals surface area contributed by atoms with Crippen LogP contribution in [0.2, 0.25) is 0 Å². The Balaban J connectivity index is 2.08. The summed E-state index contributed by atoms with van der Waals surface area (Å²) in [5, 5.41) is 9.90. The van der Waals surface area contributed by atoms with Crippen LogP contribution >= 0.6 is 0 Å². The summed E-state index contributed by atoms with van der Waals surface area (Å²) in [4.78, 5) is 7.89. The van der Waals surface area contributed by atoms with Crippen LogP contribution in [0.4, 0.5) is 16.2 Å². The maximum atomic E-state index is 13.5. The van der Waals surface area contributed by atoms with Crippen LogP contribution in [0.25, 0.3) is 0 Å². The van der Waals surface area contributed by atoms with Crippen LogP contribution < -0.4 is 10.6 Å². The number of hydrogen-bond donors (Lipinski definition) is 2. The van der Waals surface area contributed by atoms with Gasteiger partial charge in [-0.1, -0.05) is 0 Å². The average Bonchev–Trinajstić information content (AvgIpc) is 2.76. The molecule has 0 aliphatic carbocycles. The van der Waals surface area contributed by atoms with Gasteiger partial charge in [-0.25, -0.2) is 9.37 Å². The maximum Gasteiger partial charge on any atom is 0.224 e. The Bertz CT molecular complexity index is 524. The molecule has 6 nitrogen and oxygen atoms in total. The van der Waals surface area contributed by atoms with E-state index in [1.54, 1.807) is 10.9 Å². The smallest absolute Gasteiger partial charge is 0.224 e. The standard InChI is InChI=1S/C11H15FN6/c1-3-13-11-15-7-9(12)10(17-11)14-6-8-4-5-16-18(8)2/h4-5,7H,3,6H2,1-2H3,(H2,13,14,15,17). The van der Waals surface area contributed by atoms with Gasteiger partial charge in [0.05, 0.1) is 18.4 Å². The SMILES string of the molecule is CCNc1ncc(F)c(NCc2ccnn2C)n1. The summed E-state index contributed by atoms with van der Waals surface area (Å²) >= 11 is 0. The first-order chi connectivity index (χ1) is 8.70. The fraction of sp³-hybridized carbons (Fsp3) is 0.364. The molecule has 96 valence electrons. The number of aryl methyl sites for hydroxylation is 1. The molecule has 2 aromatic heterocycles. The molecule has 0 radical (unpaired) electrons. The first kappa shape index (κ1) is 12.3. The lowest BCUT2D eigenvalue weighted by atomic mass is 10.4. The Hall–Kier alpha value is -2.18. The Morgan fingerprint density at radius 1 is 1.39 bits per heavy atom. The second-order valence-corrected chi connectivity index (χ2v) is 3.72. The van der Waals surface area contributed by atoms with Gasteiger partial charge in [-0.3, -0.25) is 4.68 Å². The van der Waals surface area contributed by atoms with E-state index in [4.69, 9.17) is 0 Å². The number of nitrogens with zero attached hydrogens (tertiary/aromatic N) is 4. The molecular weight excluding hydrogens is 235 g/mol. The first-order valence-corrected chi connectivity index (χ1v) is 5.68. The van der Waals surface area contributed by atoms with E-state index < -0.39 is 5.82 Å². The highest BCUT2D eigenvalue weighted by Crippen LogP contribution is 2.12. The summed E-state index contributed by atoms with van der Waals surface area (Å²) < 4.78 is 15.2. The lowest BCUT2D eigenvalue weighted by Crippen LogP contribution is -2.10. The van der Waals surface area contributed by atoms with Crippen LogP contribution in [0.3, 0.4) is 0 Å². The number of aromatic nitrogens is 4.